The zero-order chi connectivity index (χ0) is 17.0. The molecule has 0 bridgehead atoms. The Hall–Kier alpha value is -1.54. The van der Waals surface area contributed by atoms with E-state index in [9.17, 15) is 4.57 Å². The minimum Gasteiger partial charge on any atom is -0.298 e. The lowest BCUT2D eigenvalue weighted by Crippen LogP contribution is -2.21. The fourth-order valence-electron chi connectivity index (χ4n) is 2.54. The molecule has 0 amide bonds. The molecule has 1 aliphatic rings. The van der Waals surface area contributed by atoms with Crippen LogP contribution in [-0.4, -0.2) is 6.04 Å². The van der Waals surface area contributed by atoms with Crippen LogP contribution < -0.4 is 5.09 Å². The normalized spacial score (nSPS) is 17.8. The van der Waals surface area contributed by atoms with E-state index in [0.29, 0.717) is 0 Å². The average Bonchev–Trinajstić information content (AvgIpc) is 2.62. The van der Waals surface area contributed by atoms with Crippen LogP contribution in [0.2, 0.25) is 0 Å². The van der Waals surface area contributed by atoms with Gasteiger partial charge in [0.15, 0.2) is 7.29 Å². The van der Waals surface area contributed by atoms with Crippen molar-refractivity contribution in [2.45, 2.75) is 26.3 Å². The van der Waals surface area contributed by atoms with Gasteiger partial charge < -0.3 is 0 Å². The molecular formula is C20H22NOPS. The number of benzene rings is 2. The largest absolute Gasteiger partial charge is 0.298 e. The minimum atomic E-state index is -2.72. The second kappa shape index (κ2) is 7.57. The maximum atomic E-state index is 13.5. The molecule has 1 atom stereocenters. The molecular weight excluding hydrogens is 333 g/mol. The number of nitrogens with one attached hydrogen (secondary N) is 1. The van der Waals surface area contributed by atoms with E-state index >= 15 is 0 Å². The highest BCUT2D eigenvalue weighted by Crippen LogP contribution is 2.58. The maximum Gasteiger partial charge on any atom is 0.193 e. The van der Waals surface area contributed by atoms with E-state index in [1.54, 1.807) is 11.8 Å². The Bertz CT molecular complexity index is 739. The van der Waals surface area contributed by atoms with Gasteiger partial charge in [-0.15, -0.1) is 0 Å². The summed E-state index contributed by atoms with van der Waals surface area (Å²) >= 11 is 1.68. The second-order valence-corrected chi connectivity index (χ2v) is 9.25. The maximum absolute atomic E-state index is 13.5. The first kappa shape index (κ1) is 17.3. The van der Waals surface area contributed by atoms with E-state index in [2.05, 4.69) is 43.2 Å². The topological polar surface area (TPSA) is 29.1 Å². The van der Waals surface area contributed by atoms with Crippen molar-refractivity contribution in [2.24, 2.45) is 0 Å². The molecule has 24 heavy (non-hydrogen) atoms. The quantitative estimate of drug-likeness (QED) is 0.630. The van der Waals surface area contributed by atoms with E-state index in [1.807, 2.05) is 48.0 Å². The van der Waals surface area contributed by atoms with Gasteiger partial charge in [0.25, 0.3) is 0 Å². The van der Waals surface area contributed by atoms with Crippen LogP contribution in [0.15, 0.2) is 72.3 Å². The van der Waals surface area contributed by atoms with Gasteiger partial charge in [0.05, 0.1) is 0 Å². The predicted octanol–water partition coefficient (Wildman–Crippen LogP) is 6.40. The molecule has 0 spiro atoms. The molecule has 0 radical (unpaired) electrons. The van der Waals surface area contributed by atoms with Crippen LogP contribution in [0.5, 0.6) is 0 Å². The fourth-order valence-corrected chi connectivity index (χ4v) is 6.73. The van der Waals surface area contributed by atoms with Crippen molar-refractivity contribution in [3.05, 3.63) is 83.4 Å². The summed E-state index contributed by atoms with van der Waals surface area (Å²) in [6.07, 6.45) is 0.945. The van der Waals surface area contributed by atoms with Crippen LogP contribution in [0, 0.1) is 0 Å². The SMILES string of the molecule is CCC(C)NP1(=O)C=C(c2ccccc2)SC(c2ccccc2)=C1. The van der Waals surface area contributed by atoms with Crippen molar-refractivity contribution >= 4 is 28.9 Å². The Kier molecular flexibility index (Phi) is 5.45. The minimum absolute atomic E-state index is 0.209. The molecule has 1 N–H and O–H groups in total. The van der Waals surface area contributed by atoms with Gasteiger partial charge in [-0.25, -0.2) is 0 Å². The van der Waals surface area contributed by atoms with E-state index < -0.39 is 7.29 Å². The van der Waals surface area contributed by atoms with Crippen LogP contribution in [-0.2, 0) is 4.57 Å². The Balaban J connectivity index is 2.03. The predicted molar refractivity (Wildman–Crippen MR) is 107 cm³/mol. The highest BCUT2D eigenvalue weighted by molar-refractivity contribution is 8.17. The van der Waals surface area contributed by atoms with Gasteiger partial charge >= 0.3 is 0 Å². The zero-order valence-corrected chi connectivity index (χ0v) is 15.7. The second-order valence-electron chi connectivity index (χ2n) is 5.97. The Morgan fingerprint density at radius 3 is 1.79 bits per heavy atom. The zero-order valence-electron chi connectivity index (χ0n) is 14.0. The molecule has 2 aromatic rings. The Labute approximate surface area is 148 Å². The molecule has 0 saturated carbocycles. The molecule has 0 aliphatic carbocycles. The van der Waals surface area contributed by atoms with Crippen molar-refractivity contribution in [3.8, 4) is 0 Å². The van der Waals surface area contributed by atoms with Crippen molar-refractivity contribution in [1.82, 2.24) is 5.09 Å². The van der Waals surface area contributed by atoms with Crippen molar-refractivity contribution in [1.29, 1.82) is 0 Å². The summed E-state index contributed by atoms with van der Waals surface area (Å²) in [5.74, 6) is 3.84. The lowest BCUT2D eigenvalue weighted by atomic mass is 10.2. The van der Waals surface area contributed by atoms with Gasteiger partial charge in [-0.3, -0.25) is 9.65 Å². The van der Waals surface area contributed by atoms with Gasteiger partial charge in [-0.1, -0.05) is 79.3 Å². The first-order valence-corrected chi connectivity index (χ1v) is 10.9. The number of hydrogen-bond acceptors (Lipinski definition) is 2. The highest BCUT2D eigenvalue weighted by Gasteiger charge is 2.26. The molecule has 0 fully saturated rings. The monoisotopic (exact) mass is 355 g/mol. The first-order valence-electron chi connectivity index (χ1n) is 8.21. The molecule has 1 heterocycles. The summed E-state index contributed by atoms with van der Waals surface area (Å²) in [4.78, 5) is 2.10. The summed E-state index contributed by atoms with van der Waals surface area (Å²) in [6, 6.07) is 20.6. The Morgan fingerprint density at radius 1 is 0.917 bits per heavy atom. The first-order chi connectivity index (χ1) is 11.6. The summed E-state index contributed by atoms with van der Waals surface area (Å²) in [5.41, 5.74) is 2.21. The van der Waals surface area contributed by atoms with Crippen LogP contribution >= 0.6 is 19.1 Å². The number of rotatable bonds is 5. The van der Waals surface area contributed by atoms with E-state index in [-0.39, 0.29) is 6.04 Å². The van der Waals surface area contributed by atoms with Gasteiger partial charge in [0, 0.05) is 27.5 Å². The van der Waals surface area contributed by atoms with Gasteiger partial charge in [0.1, 0.15) is 0 Å². The van der Waals surface area contributed by atoms with Gasteiger partial charge in [0.2, 0.25) is 0 Å². The Morgan fingerprint density at radius 2 is 1.38 bits per heavy atom. The molecule has 1 aliphatic heterocycles. The van der Waals surface area contributed by atoms with Gasteiger partial charge in [-0.05, 0) is 24.5 Å². The third-order valence-electron chi connectivity index (χ3n) is 3.99. The number of thioether (sulfide) groups is 1. The molecule has 2 aromatic carbocycles. The van der Waals surface area contributed by atoms with Crippen molar-refractivity contribution in [2.75, 3.05) is 0 Å². The van der Waals surface area contributed by atoms with Crippen LogP contribution in [0.4, 0.5) is 0 Å². The van der Waals surface area contributed by atoms with Crippen LogP contribution in [0.3, 0.4) is 0 Å². The lowest BCUT2D eigenvalue weighted by Gasteiger charge is -2.24. The molecule has 3 rings (SSSR count). The van der Waals surface area contributed by atoms with Crippen LogP contribution in [0.25, 0.3) is 9.81 Å². The molecule has 0 aromatic heterocycles. The third kappa shape index (κ3) is 4.10. The average molecular weight is 355 g/mol. The molecule has 0 saturated heterocycles. The standard InChI is InChI=1S/C20H22NOPS/c1-3-16(2)21-23(22)14-19(17-10-6-4-7-11-17)24-20(15-23)18-12-8-5-9-13-18/h4-16H,3H2,1-2H3,(H,21,22). The van der Waals surface area contributed by atoms with E-state index in [1.165, 1.54) is 0 Å². The highest BCUT2D eigenvalue weighted by atomic mass is 32.2. The van der Waals surface area contributed by atoms with Crippen molar-refractivity contribution in [3.63, 3.8) is 0 Å². The van der Waals surface area contributed by atoms with Gasteiger partial charge in [-0.2, -0.15) is 0 Å². The smallest absolute Gasteiger partial charge is 0.193 e. The number of hydrogen-bond donors (Lipinski definition) is 1. The fraction of sp³-hybridized carbons (Fsp3) is 0.200. The molecule has 124 valence electrons. The lowest BCUT2D eigenvalue weighted by molar-refractivity contribution is 0.559. The summed E-state index contributed by atoms with van der Waals surface area (Å²) in [7, 11) is -2.72. The molecule has 2 nitrogen and oxygen atoms in total. The van der Waals surface area contributed by atoms with Crippen LogP contribution in [0.1, 0.15) is 31.4 Å². The third-order valence-corrected chi connectivity index (χ3v) is 7.61. The van der Waals surface area contributed by atoms with E-state index in [0.717, 1.165) is 27.4 Å². The van der Waals surface area contributed by atoms with Crippen molar-refractivity contribution < 1.29 is 4.57 Å². The molecule has 1 unspecified atom stereocenters. The summed E-state index contributed by atoms with van der Waals surface area (Å²) in [5, 5.41) is 3.33. The molecule has 4 heteroatoms. The summed E-state index contributed by atoms with van der Waals surface area (Å²) < 4.78 is 13.5. The summed E-state index contributed by atoms with van der Waals surface area (Å²) in [6.45, 7) is 4.18. The van der Waals surface area contributed by atoms with E-state index in [4.69, 9.17) is 0 Å².